The van der Waals surface area contributed by atoms with Crippen LogP contribution in [0.5, 0.6) is 0 Å². The first-order valence-corrected chi connectivity index (χ1v) is 6.12. The van der Waals surface area contributed by atoms with Crippen LogP contribution in [-0.2, 0) is 0 Å². The van der Waals surface area contributed by atoms with E-state index in [4.69, 9.17) is 0 Å². The van der Waals surface area contributed by atoms with Crippen LogP contribution in [0, 0.1) is 0 Å². The molecule has 0 aliphatic carbocycles. The van der Waals surface area contributed by atoms with Crippen molar-refractivity contribution in [1.29, 1.82) is 0 Å². The number of allylic oxidation sites excluding steroid dienone is 3. The highest BCUT2D eigenvalue weighted by Gasteiger charge is 2.14. The second kappa shape index (κ2) is 8.66. The molecule has 1 heterocycles. The molecule has 0 spiro atoms. The van der Waals surface area contributed by atoms with Crippen LogP contribution in [0.25, 0.3) is 0 Å². The summed E-state index contributed by atoms with van der Waals surface area (Å²) in [6.45, 7) is 5.82. The molecule has 1 aliphatic rings. The molecular formula is C13H24FN. The Balaban J connectivity index is 0.00000196. The van der Waals surface area contributed by atoms with Gasteiger partial charge in [0.25, 0.3) is 0 Å². The zero-order valence-electron chi connectivity index (χ0n) is 10.1. The summed E-state index contributed by atoms with van der Waals surface area (Å²) in [5.74, 6) is 0. The smallest absolute Gasteiger partial charge is 0.112 e. The lowest BCUT2D eigenvalue weighted by atomic mass is 10.2. The Morgan fingerprint density at radius 2 is 1.80 bits per heavy atom. The van der Waals surface area contributed by atoms with Gasteiger partial charge in [0, 0.05) is 12.5 Å². The van der Waals surface area contributed by atoms with E-state index in [0.29, 0.717) is 0 Å². The molecule has 0 saturated heterocycles. The summed E-state index contributed by atoms with van der Waals surface area (Å²) in [6, 6.07) is 0. The first-order chi connectivity index (χ1) is 6.88. The molecule has 2 heteroatoms. The number of hydrogen-bond acceptors (Lipinski definition) is 0. The van der Waals surface area contributed by atoms with Crippen molar-refractivity contribution in [2.24, 2.45) is 0 Å². The van der Waals surface area contributed by atoms with E-state index >= 15 is 0 Å². The van der Waals surface area contributed by atoms with Crippen molar-refractivity contribution >= 4 is 0 Å². The summed E-state index contributed by atoms with van der Waals surface area (Å²) >= 11 is 0. The van der Waals surface area contributed by atoms with Crippen molar-refractivity contribution in [3.8, 4) is 0 Å². The van der Waals surface area contributed by atoms with Crippen LogP contribution in [0.3, 0.4) is 0 Å². The maximum Gasteiger partial charge on any atom is 0.112 e. The van der Waals surface area contributed by atoms with E-state index in [9.17, 15) is 0 Å². The zero-order valence-corrected chi connectivity index (χ0v) is 10.1. The number of hydrogen-bond donors (Lipinski definition) is 1. The Labute approximate surface area is 93.2 Å². The molecule has 1 unspecified atom stereocenters. The molecule has 0 aromatic heterocycles. The predicted molar refractivity (Wildman–Crippen MR) is 62.1 cm³/mol. The van der Waals surface area contributed by atoms with Gasteiger partial charge >= 0.3 is 0 Å². The van der Waals surface area contributed by atoms with E-state index < -0.39 is 0 Å². The van der Waals surface area contributed by atoms with Crippen LogP contribution in [0.1, 0.15) is 52.4 Å². The van der Waals surface area contributed by atoms with Gasteiger partial charge in [-0.2, -0.15) is 0 Å². The van der Waals surface area contributed by atoms with Crippen molar-refractivity contribution in [1.82, 2.24) is 0 Å². The highest BCUT2D eigenvalue weighted by Crippen LogP contribution is 2.04. The van der Waals surface area contributed by atoms with Gasteiger partial charge < -0.3 is 4.70 Å². The maximum absolute atomic E-state index is 2.31. The maximum atomic E-state index is 2.31. The van der Waals surface area contributed by atoms with Crippen molar-refractivity contribution in [3.63, 3.8) is 0 Å². The zero-order chi connectivity index (χ0) is 10.2. The van der Waals surface area contributed by atoms with Crippen LogP contribution in [0.15, 0.2) is 24.0 Å². The third-order valence-electron chi connectivity index (χ3n) is 2.86. The third kappa shape index (κ3) is 5.12. The largest absolute Gasteiger partial charge is 1.00 e. The summed E-state index contributed by atoms with van der Waals surface area (Å²) in [5, 5.41) is 0. The van der Waals surface area contributed by atoms with Crippen LogP contribution >= 0.6 is 0 Å². The molecule has 1 atom stereocenters. The van der Waals surface area contributed by atoms with Crippen molar-refractivity contribution in [2.45, 2.75) is 52.4 Å². The molecule has 1 rings (SSSR count). The Morgan fingerprint density at radius 1 is 1.07 bits per heavy atom. The second-order valence-electron chi connectivity index (χ2n) is 4.14. The number of rotatable bonds is 7. The summed E-state index contributed by atoms with van der Waals surface area (Å²) in [7, 11) is 0. The van der Waals surface area contributed by atoms with Gasteiger partial charge in [-0.05, 0) is 25.3 Å². The van der Waals surface area contributed by atoms with Gasteiger partial charge in [0.1, 0.15) is 5.70 Å². The Morgan fingerprint density at radius 3 is 2.47 bits per heavy atom. The number of halogens is 1. The molecule has 1 nitrogen and oxygen atoms in total. The summed E-state index contributed by atoms with van der Waals surface area (Å²) < 4.78 is 0. The Bertz CT molecular complexity index is 209. The fourth-order valence-electron chi connectivity index (χ4n) is 1.91. The van der Waals surface area contributed by atoms with Crippen LogP contribution < -0.4 is 9.60 Å². The molecule has 0 bridgehead atoms. The minimum atomic E-state index is 0. The molecular weight excluding hydrogens is 189 g/mol. The molecule has 1 aliphatic heterocycles. The van der Waals surface area contributed by atoms with Gasteiger partial charge in [-0.25, -0.2) is 0 Å². The highest BCUT2D eigenvalue weighted by molar-refractivity contribution is 5.10. The van der Waals surface area contributed by atoms with Gasteiger partial charge in [-0.15, -0.1) is 0 Å². The average molecular weight is 213 g/mol. The first kappa shape index (κ1) is 14.4. The van der Waals surface area contributed by atoms with Crippen LogP contribution in [-0.4, -0.2) is 6.54 Å². The van der Waals surface area contributed by atoms with Gasteiger partial charge in [0.2, 0.25) is 0 Å². The van der Waals surface area contributed by atoms with Gasteiger partial charge in [0.05, 0.1) is 12.7 Å². The molecule has 88 valence electrons. The van der Waals surface area contributed by atoms with Gasteiger partial charge in [0.15, 0.2) is 0 Å². The second-order valence-corrected chi connectivity index (χ2v) is 4.14. The summed E-state index contributed by atoms with van der Waals surface area (Å²) in [6.07, 6.45) is 14.8. The SMILES string of the molecule is CCCCC[NH+]1C=CC=C1CCCC.[F-]. The van der Waals surface area contributed by atoms with E-state index in [1.54, 1.807) is 10.6 Å². The van der Waals surface area contributed by atoms with E-state index in [1.165, 1.54) is 45.1 Å². The van der Waals surface area contributed by atoms with E-state index in [2.05, 4.69) is 32.2 Å². The molecule has 0 aromatic carbocycles. The lowest BCUT2D eigenvalue weighted by molar-refractivity contribution is -0.804. The molecule has 0 saturated carbocycles. The normalized spacial score (nSPS) is 18.8. The van der Waals surface area contributed by atoms with Crippen LogP contribution in [0.4, 0.5) is 0 Å². The lowest BCUT2D eigenvalue weighted by Gasteiger charge is -2.13. The van der Waals surface area contributed by atoms with Crippen molar-refractivity contribution < 1.29 is 9.60 Å². The average Bonchev–Trinajstić information content (AvgIpc) is 2.63. The van der Waals surface area contributed by atoms with E-state index in [-0.39, 0.29) is 4.70 Å². The van der Waals surface area contributed by atoms with Crippen molar-refractivity contribution in [2.75, 3.05) is 6.54 Å². The van der Waals surface area contributed by atoms with Crippen LogP contribution in [0.2, 0.25) is 0 Å². The molecule has 0 radical (unpaired) electrons. The number of nitrogens with one attached hydrogen (secondary N) is 1. The minimum absolute atomic E-state index is 0. The molecule has 0 aromatic rings. The fraction of sp³-hybridized carbons (Fsp3) is 0.692. The summed E-state index contributed by atoms with van der Waals surface area (Å²) in [4.78, 5) is 1.60. The van der Waals surface area contributed by atoms with Crippen molar-refractivity contribution in [3.05, 3.63) is 24.0 Å². The molecule has 0 amide bonds. The van der Waals surface area contributed by atoms with E-state index in [0.717, 1.165) is 0 Å². The highest BCUT2D eigenvalue weighted by atomic mass is 19.0. The van der Waals surface area contributed by atoms with Gasteiger partial charge in [-0.1, -0.05) is 26.7 Å². The Hall–Kier alpha value is -0.630. The summed E-state index contributed by atoms with van der Waals surface area (Å²) in [5.41, 5.74) is 1.60. The number of unbranched alkanes of at least 4 members (excludes halogenated alkanes) is 3. The Kier molecular flexibility index (Phi) is 8.30. The van der Waals surface area contributed by atoms with E-state index in [1.807, 2.05) is 0 Å². The minimum Gasteiger partial charge on any atom is -1.00 e. The topological polar surface area (TPSA) is 4.44 Å². The standard InChI is InChI=1S/C13H23N.FH/c1-3-5-7-11-14-12-8-10-13(14)9-6-4-2;/h8,10,12H,3-7,9,11H2,1-2H3;1H. The fourth-order valence-corrected chi connectivity index (χ4v) is 1.91. The molecule has 0 fully saturated rings. The van der Waals surface area contributed by atoms with Gasteiger partial charge in [-0.3, -0.25) is 4.90 Å². The monoisotopic (exact) mass is 213 g/mol. The lowest BCUT2D eigenvalue weighted by Crippen LogP contribution is -3.04. The molecule has 1 N–H and O–H groups in total. The molecule has 15 heavy (non-hydrogen) atoms. The quantitative estimate of drug-likeness (QED) is 0.552. The number of quaternary nitrogens is 1. The predicted octanol–water partition coefficient (Wildman–Crippen LogP) is -0.333. The first-order valence-electron chi connectivity index (χ1n) is 6.12. The third-order valence-corrected chi connectivity index (χ3v) is 2.86.